The summed E-state index contributed by atoms with van der Waals surface area (Å²) in [5, 5.41) is 6.83. The van der Waals surface area contributed by atoms with Crippen molar-refractivity contribution in [3.05, 3.63) is 47.6 Å². The van der Waals surface area contributed by atoms with Crippen LogP contribution in [0, 0.1) is 0 Å². The summed E-state index contributed by atoms with van der Waals surface area (Å²) in [7, 11) is 0. The quantitative estimate of drug-likeness (QED) is 0.687. The molecular formula is C21H26N4O2S. The first-order valence-electron chi connectivity index (χ1n) is 9.73. The van der Waals surface area contributed by atoms with Gasteiger partial charge in [-0.05, 0) is 31.4 Å². The van der Waals surface area contributed by atoms with Crippen LogP contribution in [0.3, 0.4) is 0 Å². The van der Waals surface area contributed by atoms with Crippen molar-refractivity contribution in [2.75, 3.05) is 18.4 Å². The Morgan fingerprint density at radius 1 is 1.25 bits per heavy atom. The number of rotatable bonds is 6. The molecule has 4 rings (SSSR count). The number of morpholine rings is 1. The zero-order valence-electron chi connectivity index (χ0n) is 16.3. The Bertz CT molecular complexity index is 941. The number of fused-ring (bicyclic) bond motifs is 1. The van der Waals surface area contributed by atoms with Crippen molar-refractivity contribution in [3.8, 4) is 0 Å². The molecule has 0 saturated carbocycles. The first kappa shape index (κ1) is 19.1. The number of aromatic nitrogens is 2. The second-order valence-electron chi connectivity index (χ2n) is 7.46. The van der Waals surface area contributed by atoms with E-state index in [1.807, 2.05) is 23.7 Å². The van der Waals surface area contributed by atoms with Gasteiger partial charge in [0.1, 0.15) is 0 Å². The van der Waals surface area contributed by atoms with Crippen LogP contribution in [0.25, 0.3) is 10.9 Å². The van der Waals surface area contributed by atoms with Crippen LogP contribution in [0.2, 0.25) is 0 Å². The average Bonchev–Trinajstić information content (AvgIpc) is 3.26. The van der Waals surface area contributed by atoms with Gasteiger partial charge < -0.3 is 14.6 Å². The van der Waals surface area contributed by atoms with Crippen LogP contribution < -0.4 is 5.32 Å². The van der Waals surface area contributed by atoms with Crippen LogP contribution >= 0.6 is 11.3 Å². The number of aryl methyl sites for hydroxylation is 1. The van der Waals surface area contributed by atoms with Crippen molar-refractivity contribution in [3.63, 3.8) is 0 Å². The van der Waals surface area contributed by atoms with E-state index in [4.69, 9.17) is 4.74 Å². The summed E-state index contributed by atoms with van der Waals surface area (Å²) in [5.41, 5.74) is 2.15. The maximum Gasteiger partial charge on any atom is 0.227 e. The Morgan fingerprint density at radius 2 is 2.04 bits per heavy atom. The lowest BCUT2D eigenvalue weighted by atomic mass is 10.2. The fourth-order valence-electron chi connectivity index (χ4n) is 3.82. The number of thiazole rings is 1. The standard InChI is InChI=1S/C21H26N4O2S/c1-15-11-24(12-16(2)27-15)13-18-14-28-21(22-18)23-20(26)8-10-25-9-7-17-5-3-4-6-19(17)25/h3-7,9,14-16H,8,10-13H2,1-2H3,(H,22,23,26). The number of nitrogens with one attached hydrogen (secondary N) is 1. The molecule has 2 unspecified atom stereocenters. The van der Waals surface area contributed by atoms with Gasteiger partial charge >= 0.3 is 0 Å². The third-order valence-electron chi connectivity index (χ3n) is 4.94. The van der Waals surface area contributed by atoms with Gasteiger partial charge in [0, 0.05) is 49.7 Å². The first-order valence-corrected chi connectivity index (χ1v) is 10.6. The van der Waals surface area contributed by atoms with E-state index in [1.165, 1.54) is 16.7 Å². The van der Waals surface area contributed by atoms with Gasteiger partial charge in [-0.3, -0.25) is 9.69 Å². The molecule has 1 aliphatic heterocycles. The summed E-state index contributed by atoms with van der Waals surface area (Å²) < 4.78 is 7.89. The van der Waals surface area contributed by atoms with Crippen molar-refractivity contribution in [2.45, 2.75) is 45.6 Å². The van der Waals surface area contributed by atoms with E-state index in [-0.39, 0.29) is 18.1 Å². The molecule has 3 heterocycles. The van der Waals surface area contributed by atoms with Crippen molar-refractivity contribution in [1.29, 1.82) is 0 Å². The molecule has 1 amide bonds. The molecule has 3 aromatic rings. The molecule has 0 bridgehead atoms. The number of para-hydroxylation sites is 1. The van der Waals surface area contributed by atoms with Crippen molar-refractivity contribution in [1.82, 2.24) is 14.5 Å². The summed E-state index contributed by atoms with van der Waals surface area (Å²) in [4.78, 5) is 19.3. The van der Waals surface area contributed by atoms with E-state index in [2.05, 4.69) is 51.8 Å². The molecule has 2 atom stereocenters. The lowest BCUT2D eigenvalue weighted by molar-refractivity contribution is -0.116. The predicted molar refractivity (Wildman–Crippen MR) is 113 cm³/mol. The maximum absolute atomic E-state index is 12.3. The fourth-order valence-corrected chi connectivity index (χ4v) is 4.54. The highest BCUT2D eigenvalue weighted by Crippen LogP contribution is 2.20. The zero-order valence-corrected chi connectivity index (χ0v) is 17.1. The van der Waals surface area contributed by atoms with Gasteiger partial charge in [-0.15, -0.1) is 11.3 Å². The Hall–Kier alpha value is -2.22. The number of hydrogen-bond donors (Lipinski definition) is 1. The number of hydrogen-bond acceptors (Lipinski definition) is 5. The van der Waals surface area contributed by atoms with E-state index in [0.717, 1.165) is 30.8 Å². The Kier molecular flexibility index (Phi) is 5.75. The average molecular weight is 399 g/mol. The number of carbonyl (C=O) groups excluding carboxylic acids is 1. The SMILES string of the molecule is CC1CN(Cc2csc(NC(=O)CCn3ccc4ccccc43)n2)CC(C)O1. The summed E-state index contributed by atoms with van der Waals surface area (Å²) >= 11 is 1.49. The van der Waals surface area contributed by atoms with Crippen molar-refractivity contribution >= 4 is 33.3 Å². The number of benzene rings is 1. The Morgan fingerprint density at radius 3 is 2.86 bits per heavy atom. The van der Waals surface area contributed by atoms with E-state index in [0.29, 0.717) is 18.1 Å². The second-order valence-corrected chi connectivity index (χ2v) is 8.32. The number of carbonyl (C=O) groups is 1. The summed E-state index contributed by atoms with van der Waals surface area (Å²) in [6.07, 6.45) is 2.94. The van der Waals surface area contributed by atoms with Crippen LogP contribution in [-0.4, -0.2) is 45.7 Å². The molecule has 1 aliphatic rings. The molecule has 2 aromatic heterocycles. The third kappa shape index (κ3) is 4.60. The molecule has 7 heteroatoms. The van der Waals surface area contributed by atoms with Gasteiger partial charge in [-0.2, -0.15) is 0 Å². The molecule has 1 N–H and O–H groups in total. The van der Waals surface area contributed by atoms with Crippen molar-refractivity contribution in [2.24, 2.45) is 0 Å². The highest BCUT2D eigenvalue weighted by Gasteiger charge is 2.22. The van der Waals surface area contributed by atoms with E-state index in [1.54, 1.807) is 0 Å². The predicted octanol–water partition coefficient (Wildman–Crippen LogP) is 3.74. The van der Waals surface area contributed by atoms with Crippen LogP contribution in [0.4, 0.5) is 5.13 Å². The van der Waals surface area contributed by atoms with Gasteiger partial charge in [-0.25, -0.2) is 4.98 Å². The monoisotopic (exact) mass is 398 g/mol. The largest absolute Gasteiger partial charge is 0.373 e. The van der Waals surface area contributed by atoms with Crippen LogP contribution in [0.15, 0.2) is 41.9 Å². The summed E-state index contributed by atoms with van der Waals surface area (Å²) in [6.45, 7) is 7.47. The van der Waals surface area contributed by atoms with E-state index < -0.39 is 0 Å². The van der Waals surface area contributed by atoms with Gasteiger partial charge in [0.05, 0.1) is 17.9 Å². The zero-order chi connectivity index (χ0) is 19.5. The highest BCUT2D eigenvalue weighted by molar-refractivity contribution is 7.13. The highest BCUT2D eigenvalue weighted by atomic mass is 32.1. The molecule has 28 heavy (non-hydrogen) atoms. The number of anilines is 1. The molecule has 0 spiro atoms. The second kappa shape index (κ2) is 8.43. The van der Waals surface area contributed by atoms with Crippen molar-refractivity contribution < 1.29 is 9.53 Å². The Labute approximate surface area is 169 Å². The van der Waals surface area contributed by atoms with Gasteiger partial charge in [0.2, 0.25) is 5.91 Å². The normalized spacial score (nSPS) is 20.5. The molecule has 1 fully saturated rings. The molecule has 6 nitrogen and oxygen atoms in total. The topological polar surface area (TPSA) is 59.4 Å². The summed E-state index contributed by atoms with van der Waals surface area (Å²) in [6, 6.07) is 10.3. The molecular weight excluding hydrogens is 372 g/mol. The third-order valence-corrected chi connectivity index (χ3v) is 5.75. The maximum atomic E-state index is 12.3. The molecule has 1 saturated heterocycles. The number of ether oxygens (including phenoxy) is 1. The molecule has 0 radical (unpaired) electrons. The van der Waals surface area contributed by atoms with Crippen LogP contribution in [0.5, 0.6) is 0 Å². The van der Waals surface area contributed by atoms with Crippen LogP contribution in [0.1, 0.15) is 26.0 Å². The van der Waals surface area contributed by atoms with Crippen LogP contribution in [-0.2, 0) is 22.6 Å². The minimum atomic E-state index is -0.00713. The molecule has 0 aliphatic carbocycles. The molecule has 1 aromatic carbocycles. The van der Waals surface area contributed by atoms with E-state index in [9.17, 15) is 4.79 Å². The van der Waals surface area contributed by atoms with E-state index >= 15 is 0 Å². The minimum Gasteiger partial charge on any atom is -0.373 e. The molecule has 148 valence electrons. The fraction of sp³-hybridized carbons (Fsp3) is 0.429. The lowest BCUT2D eigenvalue weighted by Gasteiger charge is -2.34. The van der Waals surface area contributed by atoms with Gasteiger partial charge in [0.15, 0.2) is 5.13 Å². The van der Waals surface area contributed by atoms with Gasteiger partial charge in [0.25, 0.3) is 0 Å². The number of nitrogens with zero attached hydrogens (tertiary/aromatic N) is 3. The van der Waals surface area contributed by atoms with Gasteiger partial charge in [-0.1, -0.05) is 18.2 Å². The Balaban J connectivity index is 1.29. The lowest BCUT2D eigenvalue weighted by Crippen LogP contribution is -2.44. The minimum absolute atomic E-state index is 0.00713. The first-order chi connectivity index (χ1) is 13.6. The summed E-state index contributed by atoms with van der Waals surface area (Å²) in [5.74, 6) is -0.00713. The number of amides is 1. The smallest absolute Gasteiger partial charge is 0.227 e.